The third-order valence-electron chi connectivity index (χ3n) is 4.54. The van der Waals surface area contributed by atoms with Crippen molar-refractivity contribution in [1.82, 2.24) is 20.6 Å². The summed E-state index contributed by atoms with van der Waals surface area (Å²) in [6.45, 7) is 1.18. The van der Waals surface area contributed by atoms with Gasteiger partial charge in [-0.1, -0.05) is 0 Å². The molecule has 0 saturated heterocycles. The summed E-state index contributed by atoms with van der Waals surface area (Å²) < 4.78 is 0. The summed E-state index contributed by atoms with van der Waals surface area (Å²) in [6.07, 6.45) is 6.68. The number of nitrogens with zero attached hydrogens (tertiary/aromatic N) is 1. The molecule has 0 atom stereocenters. The number of hydrogen-bond donors (Lipinski definition) is 3. The lowest BCUT2D eigenvalue weighted by atomic mass is 9.94. The van der Waals surface area contributed by atoms with E-state index in [0.29, 0.717) is 25.1 Å². The van der Waals surface area contributed by atoms with Gasteiger partial charge in [-0.05, 0) is 48.2 Å². The van der Waals surface area contributed by atoms with Gasteiger partial charge < -0.3 is 15.6 Å². The van der Waals surface area contributed by atoms with Crippen molar-refractivity contribution in [2.75, 3.05) is 13.1 Å². The number of carbonyl (C=O) groups excluding carboxylic acids is 2. The number of aromatic nitrogens is 2. The highest BCUT2D eigenvalue weighted by molar-refractivity contribution is 6.03. The number of fused-ring (bicyclic) bond motifs is 3. The quantitative estimate of drug-likeness (QED) is 0.680. The Morgan fingerprint density at radius 1 is 1.28 bits per heavy atom. The SMILES string of the molecule is O=C(NCCc1c[nH]c2ccc3c(c12)CCNC3=O)c1cccnc1. The molecule has 3 aromatic rings. The lowest BCUT2D eigenvalue weighted by Crippen LogP contribution is -2.32. The van der Waals surface area contributed by atoms with Gasteiger partial charge in [0, 0.05) is 48.1 Å². The van der Waals surface area contributed by atoms with E-state index in [1.165, 1.54) is 0 Å². The second-order valence-corrected chi connectivity index (χ2v) is 6.08. The van der Waals surface area contributed by atoms with Crippen LogP contribution in [0.1, 0.15) is 31.8 Å². The Labute approximate surface area is 144 Å². The Bertz CT molecular complexity index is 947. The standard InChI is InChI=1S/C19H18N4O2/c24-18(13-2-1-7-20-10-13)21-8-5-12-11-23-16-4-3-15-14(17(12)16)6-9-22-19(15)25/h1-4,7,10-11,23H,5-6,8-9H2,(H,21,24)(H,22,25). The number of hydrogen-bond acceptors (Lipinski definition) is 3. The van der Waals surface area contributed by atoms with Crippen LogP contribution in [0.3, 0.4) is 0 Å². The molecule has 3 N–H and O–H groups in total. The van der Waals surface area contributed by atoms with Gasteiger partial charge in [0.05, 0.1) is 5.56 Å². The number of benzene rings is 1. The molecule has 1 aliphatic heterocycles. The van der Waals surface area contributed by atoms with Gasteiger partial charge in [0.2, 0.25) is 0 Å². The molecule has 2 aromatic heterocycles. The molecule has 25 heavy (non-hydrogen) atoms. The normalized spacial score (nSPS) is 13.4. The average molecular weight is 334 g/mol. The first kappa shape index (κ1) is 15.4. The smallest absolute Gasteiger partial charge is 0.252 e. The van der Waals surface area contributed by atoms with Crippen LogP contribution in [-0.2, 0) is 12.8 Å². The monoisotopic (exact) mass is 334 g/mol. The molecule has 6 heteroatoms. The molecule has 126 valence electrons. The van der Waals surface area contributed by atoms with Gasteiger partial charge in [0.15, 0.2) is 0 Å². The molecule has 0 saturated carbocycles. The fraction of sp³-hybridized carbons (Fsp3) is 0.211. The first-order valence-electron chi connectivity index (χ1n) is 8.32. The maximum Gasteiger partial charge on any atom is 0.252 e. The Morgan fingerprint density at radius 3 is 3.04 bits per heavy atom. The summed E-state index contributed by atoms with van der Waals surface area (Å²) >= 11 is 0. The minimum absolute atomic E-state index is 0.0137. The molecular weight excluding hydrogens is 316 g/mol. The summed E-state index contributed by atoms with van der Waals surface area (Å²) in [4.78, 5) is 31.4. The van der Waals surface area contributed by atoms with Crippen LogP contribution in [-0.4, -0.2) is 34.9 Å². The summed E-state index contributed by atoms with van der Waals surface area (Å²) in [5.41, 5.74) is 4.54. The van der Waals surface area contributed by atoms with Crippen LogP contribution in [0.4, 0.5) is 0 Å². The average Bonchev–Trinajstić information content (AvgIpc) is 3.06. The number of carbonyl (C=O) groups is 2. The van der Waals surface area contributed by atoms with E-state index >= 15 is 0 Å². The predicted octanol–water partition coefficient (Wildman–Crippen LogP) is 1.82. The number of amides is 2. The van der Waals surface area contributed by atoms with Gasteiger partial charge >= 0.3 is 0 Å². The molecule has 1 aliphatic rings. The predicted molar refractivity (Wildman–Crippen MR) is 94.6 cm³/mol. The van der Waals surface area contributed by atoms with Gasteiger partial charge in [0.1, 0.15) is 0 Å². The van der Waals surface area contributed by atoms with E-state index < -0.39 is 0 Å². The third-order valence-corrected chi connectivity index (χ3v) is 4.54. The van der Waals surface area contributed by atoms with Crippen molar-refractivity contribution >= 4 is 22.7 Å². The second kappa shape index (κ2) is 6.39. The van der Waals surface area contributed by atoms with Crippen molar-refractivity contribution in [1.29, 1.82) is 0 Å². The van der Waals surface area contributed by atoms with E-state index in [1.54, 1.807) is 24.5 Å². The molecular formula is C19H18N4O2. The van der Waals surface area contributed by atoms with Gasteiger partial charge in [-0.2, -0.15) is 0 Å². The second-order valence-electron chi connectivity index (χ2n) is 6.08. The van der Waals surface area contributed by atoms with Crippen molar-refractivity contribution in [3.63, 3.8) is 0 Å². The van der Waals surface area contributed by atoms with Crippen molar-refractivity contribution in [3.05, 3.63) is 65.1 Å². The first-order valence-corrected chi connectivity index (χ1v) is 8.32. The van der Waals surface area contributed by atoms with E-state index in [0.717, 1.165) is 34.0 Å². The van der Waals surface area contributed by atoms with Crippen LogP contribution < -0.4 is 10.6 Å². The highest BCUT2D eigenvalue weighted by Gasteiger charge is 2.20. The Balaban J connectivity index is 1.53. The molecule has 0 bridgehead atoms. The lowest BCUT2D eigenvalue weighted by Gasteiger charge is -2.18. The fourth-order valence-electron chi connectivity index (χ4n) is 3.35. The molecule has 0 fully saturated rings. The third kappa shape index (κ3) is 2.87. The molecule has 0 unspecified atom stereocenters. The zero-order valence-electron chi connectivity index (χ0n) is 13.6. The van der Waals surface area contributed by atoms with E-state index in [1.807, 2.05) is 18.3 Å². The van der Waals surface area contributed by atoms with Crippen LogP contribution in [0.5, 0.6) is 0 Å². The van der Waals surface area contributed by atoms with Crippen molar-refractivity contribution < 1.29 is 9.59 Å². The van der Waals surface area contributed by atoms with Crippen LogP contribution in [0.2, 0.25) is 0 Å². The van der Waals surface area contributed by atoms with Crippen molar-refractivity contribution in [2.45, 2.75) is 12.8 Å². The van der Waals surface area contributed by atoms with Crippen molar-refractivity contribution in [2.24, 2.45) is 0 Å². The molecule has 6 nitrogen and oxygen atoms in total. The maximum atomic E-state index is 12.1. The number of pyridine rings is 1. The van der Waals surface area contributed by atoms with Gasteiger partial charge in [-0.25, -0.2) is 0 Å². The van der Waals surface area contributed by atoms with E-state index in [4.69, 9.17) is 0 Å². The number of rotatable bonds is 4. The summed E-state index contributed by atoms with van der Waals surface area (Å²) in [7, 11) is 0. The summed E-state index contributed by atoms with van der Waals surface area (Å²) in [6, 6.07) is 7.29. The van der Waals surface area contributed by atoms with E-state index in [-0.39, 0.29) is 11.8 Å². The highest BCUT2D eigenvalue weighted by atomic mass is 16.2. The molecule has 0 radical (unpaired) electrons. The number of H-pyrrole nitrogens is 1. The zero-order valence-corrected chi connectivity index (χ0v) is 13.6. The summed E-state index contributed by atoms with van der Waals surface area (Å²) in [5.74, 6) is -0.144. The van der Waals surface area contributed by atoms with Gasteiger partial charge in [-0.15, -0.1) is 0 Å². The molecule has 0 spiro atoms. The maximum absolute atomic E-state index is 12.1. The van der Waals surface area contributed by atoms with Crippen molar-refractivity contribution in [3.8, 4) is 0 Å². The first-order chi connectivity index (χ1) is 12.2. The molecule has 3 heterocycles. The zero-order chi connectivity index (χ0) is 17.2. The Hall–Kier alpha value is -3.15. The Morgan fingerprint density at radius 2 is 2.20 bits per heavy atom. The van der Waals surface area contributed by atoms with Crippen LogP contribution in [0.25, 0.3) is 10.9 Å². The van der Waals surface area contributed by atoms with E-state index in [9.17, 15) is 9.59 Å². The fourth-order valence-corrected chi connectivity index (χ4v) is 3.35. The minimum Gasteiger partial charge on any atom is -0.361 e. The molecule has 1 aromatic carbocycles. The largest absolute Gasteiger partial charge is 0.361 e. The summed E-state index contributed by atoms with van der Waals surface area (Å²) in [5, 5.41) is 6.91. The van der Waals surface area contributed by atoms with E-state index in [2.05, 4.69) is 20.6 Å². The topological polar surface area (TPSA) is 86.9 Å². The highest BCUT2D eigenvalue weighted by Crippen LogP contribution is 2.28. The molecule has 2 amide bonds. The lowest BCUT2D eigenvalue weighted by molar-refractivity contribution is 0.0941. The Kier molecular flexibility index (Phi) is 3.93. The van der Waals surface area contributed by atoms with Crippen LogP contribution >= 0.6 is 0 Å². The van der Waals surface area contributed by atoms with Gasteiger partial charge in [0.25, 0.3) is 11.8 Å². The van der Waals surface area contributed by atoms with Gasteiger partial charge in [-0.3, -0.25) is 14.6 Å². The molecule has 4 rings (SSSR count). The van der Waals surface area contributed by atoms with Crippen LogP contribution in [0, 0.1) is 0 Å². The molecule has 0 aliphatic carbocycles. The number of nitrogens with one attached hydrogen (secondary N) is 3. The minimum atomic E-state index is -0.130. The number of aromatic amines is 1. The van der Waals surface area contributed by atoms with Crippen LogP contribution in [0.15, 0.2) is 42.9 Å².